The Morgan fingerprint density at radius 3 is 2.64 bits per heavy atom. The molecule has 2 heterocycles. The van der Waals surface area contributed by atoms with Gasteiger partial charge in [0.15, 0.2) is 0 Å². The molecular weight excluding hydrogens is 322 g/mol. The maximum absolute atomic E-state index is 11.6. The highest BCUT2D eigenvalue weighted by atomic mass is 16.4. The van der Waals surface area contributed by atoms with Crippen molar-refractivity contribution < 1.29 is 14.3 Å². The predicted molar refractivity (Wildman–Crippen MR) is 89.8 cm³/mol. The van der Waals surface area contributed by atoms with Crippen LogP contribution in [-0.4, -0.2) is 26.1 Å². The van der Waals surface area contributed by atoms with E-state index in [1.54, 1.807) is 29.1 Å². The largest absolute Gasteiger partial charge is 0.477 e. The zero-order valence-electron chi connectivity index (χ0n) is 12.8. The Hall–Kier alpha value is -3.74. The van der Waals surface area contributed by atoms with Gasteiger partial charge in [-0.1, -0.05) is 35.5 Å². The molecule has 0 saturated heterocycles. The van der Waals surface area contributed by atoms with Crippen LogP contribution in [0.25, 0.3) is 27.9 Å². The van der Waals surface area contributed by atoms with Gasteiger partial charge in [-0.15, -0.1) is 5.10 Å². The van der Waals surface area contributed by atoms with Gasteiger partial charge in [0.1, 0.15) is 16.8 Å². The molecule has 0 unspecified atom stereocenters. The van der Waals surface area contributed by atoms with Gasteiger partial charge in [-0.25, -0.2) is 14.3 Å². The molecule has 0 aliphatic carbocycles. The van der Waals surface area contributed by atoms with E-state index in [4.69, 9.17) is 9.52 Å². The molecule has 0 aliphatic heterocycles. The quantitative estimate of drug-likeness (QED) is 0.579. The van der Waals surface area contributed by atoms with E-state index in [-0.39, 0.29) is 0 Å². The molecule has 2 aromatic carbocycles. The van der Waals surface area contributed by atoms with E-state index < -0.39 is 17.2 Å². The van der Waals surface area contributed by atoms with Gasteiger partial charge in [0, 0.05) is 10.9 Å². The van der Waals surface area contributed by atoms with Crippen LogP contribution in [0.3, 0.4) is 0 Å². The number of nitrogens with zero attached hydrogens (tertiary/aromatic N) is 3. The Labute approximate surface area is 140 Å². The van der Waals surface area contributed by atoms with E-state index in [1.807, 2.05) is 30.3 Å². The molecule has 0 aliphatic rings. The number of aromatic nitrogens is 3. The second-order valence-corrected chi connectivity index (χ2v) is 5.39. The van der Waals surface area contributed by atoms with Crippen molar-refractivity contribution in [3.63, 3.8) is 0 Å². The lowest BCUT2D eigenvalue weighted by Crippen LogP contribution is -2.12. The molecule has 0 amide bonds. The van der Waals surface area contributed by atoms with Crippen molar-refractivity contribution in [1.82, 2.24) is 15.0 Å². The smallest absolute Gasteiger partial charge is 0.351 e. The molecule has 122 valence electrons. The van der Waals surface area contributed by atoms with E-state index in [9.17, 15) is 9.59 Å². The SMILES string of the molecule is O=C(O)c1cc2cc(-n3cc(-c4ccccc4)nn3)ccc2oc1=O. The molecule has 0 atom stereocenters. The van der Waals surface area contributed by atoms with Crippen molar-refractivity contribution in [3.8, 4) is 16.9 Å². The highest BCUT2D eigenvalue weighted by Crippen LogP contribution is 2.20. The standard InChI is InChI=1S/C18H11N3O4/c22-17(23)14-9-12-8-13(6-7-16(12)25-18(14)24)21-10-15(19-20-21)11-4-2-1-3-5-11/h1-10H,(H,22,23). The van der Waals surface area contributed by atoms with Crippen LogP contribution in [0.15, 0.2) is 70.0 Å². The topological polar surface area (TPSA) is 98.2 Å². The van der Waals surface area contributed by atoms with Crippen LogP contribution in [-0.2, 0) is 0 Å². The summed E-state index contributed by atoms with van der Waals surface area (Å²) < 4.78 is 6.61. The summed E-state index contributed by atoms with van der Waals surface area (Å²) >= 11 is 0. The Morgan fingerprint density at radius 1 is 1.08 bits per heavy atom. The highest BCUT2D eigenvalue weighted by molar-refractivity contribution is 5.91. The average molecular weight is 333 g/mol. The monoisotopic (exact) mass is 333 g/mol. The summed E-state index contributed by atoms with van der Waals surface area (Å²) in [6.45, 7) is 0. The van der Waals surface area contributed by atoms with Crippen molar-refractivity contribution in [1.29, 1.82) is 0 Å². The van der Waals surface area contributed by atoms with Crippen molar-refractivity contribution in [3.05, 3.63) is 76.8 Å². The minimum absolute atomic E-state index is 0.308. The first kappa shape index (κ1) is 14.8. The molecule has 4 rings (SSSR count). The molecule has 0 saturated carbocycles. The third kappa shape index (κ3) is 2.67. The van der Waals surface area contributed by atoms with Crippen LogP contribution in [0.1, 0.15) is 10.4 Å². The number of aromatic carboxylic acids is 1. The molecule has 25 heavy (non-hydrogen) atoms. The van der Waals surface area contributed by atoms with Gasteiger partial charge in [0.25, 0.3) is 0 Å². The maximum atomic E-state index is 11.6. The summed E-state index contributed by atoms with van der Waals surface area (Å²) in [6, 6.07) is 15.9. The third-order valence-corrected chi connectivity index (χ3v) is 3.77. The molecular formula is C18H11N3O4. The Kier molecular flexibility index (Phi) is 3.39. The van der Waals surface area contributed by atoms with Crippen LogP contribution in [0, 0.1) is 0 Å². The normalized spacial score (nSPS) is 10.9. The first-order valence-electron chi connectivity index (χ1n) is 7.41. The molecule has 0 radical (unpaired) electrons. The van der Waals surface area contributed by atoms with Crippen molar-refractivity contribution in [2.75, 3.05) is 0 Å². The number of carboxylic acids is 1. The van der Waals surface area contributed by atoms with Gasteiger partial charge in [-0.2, -0.15) is 0 Å². The Morgan fingerprint density at radius 2 is 1.88 bits per heavy atom. The van der Waals surface area contributed by atoms with Crippen molar-refractivity contribution >= 4 is 16.9 Å². The first-order valence-corrected chi connectivity index (χ1v) is 7.41. The van der Waals surface area contributed by atoms with Gasteiger partial charge in [0.05, 0.1) is 11.9 Å². The van der Waals surface area contributed by atoms with Crippen LogP contribution < -0.4 is 5.63 Å². The third-order valence-electron chi connectivity index (χ3n) is 3.77. The van der Waals surface area contributed by atoms with Crippen LogP contribution >= 0.6 is 0 Å². The van der Waals surface area contributed by atoms with Gasteiger partial charge < -0.3 is 9.52 Å². The molecule has 0 bridgehead atoms. The van der Waals surface area contributed by atoms with Gasteiger partial charge in [-0.3, -0.25) is 0 Å². The molecule has 1 N–H and O–H groups in total. The molecule has 4 aromatic rings. The van der Waals surface area contributed by atoms with Crippen molar-refractivity contribution in [2.24, 2.45) is 0 Å². The highest BCUT2D eigenvalue weighted by Gasteiger charge is 2.13. The van der Waals surface area contributed by atoms with E-state index in [0.717, 1.165) is 5.56 Å². The number of rotatable bonds is 3. The van der Waals surface area contributed by atoms with Crippen LogP contribution in [0.4, 0.5) is 0 Å². The molecule has 0 spiro atoms. The first-order chi connectivity index (χ1) is 12.1. The molecule has 2 aromatic heterocycles. The van der Waals surface area contributed by atoms with Crippen LogP contribution in [0.5, 0.6) is 0 Å². The summed E-state index contributed by atoms with van der Waals surface area (Å²) in [4.78, 5) is 22.7. The fraction of sp³-hybridized carbons (Fsp3) is 0. The zero-order valence-corrected chi connectivity index (χ0v) is 12.8. The second kappa shape index (κ2) is 5.72. The number of carboxylic acid groups (broad SMARTS) is 1. The lowest BCUT2D eigenvalue weighted by Gasteiger charge is -2.03. The van der Waals surface area contributed by atoms with E-state index >= 15 is 0 Å². The number of benzene rings is 2. The van der Waals surface area contributed by atoms with Gasteiger partial charge in [0.2, 0.25) is 0 Å². The maximum Gasteiger partial charge on any atom is 0.351 e. The summed E-state index contributed by atoms with van der Waals surface area (Å²) in [5, 5.41) is 17.8. The number of fused-ring (bicyclic) bond motifs is 1. The van der Waals surface area contributed by atoms with E-state index in [1.165, 1.54) is 6.07 Å². The lowest BCUT2D eigenvalue weighted by atomic mass is 10.1. The summed E-state index contributed by atoms with van der Waals surface area (Å²) in [5.41, 5.74) is 1.35. The second-order valence-electron chi connectivity index (χ2n) is 5.39. The van der Waals surface area contributed by atoms with Gasteiger partial charge in [-0.05, 0) is 24.3 Å². The summed E-state index contributed by atoms with van der Waals surface area (Å²) in [5.74, 6) is -1.33. The number of hydrogen-bond acceptors (Lipinski definition) is 5. The summed E-state index contributed by atoms with van der Waals surface area (Å²) in [7, 11) is 0. The fourth-order valence-corrected chi connectivity index (χ4v) is 2.53. The molecule has 0 fully saturated rings. The predicted octanol–water partition coefficient (Wildman–Crippen LogP) is 2.74. The minimum atomic E-state index is -1.33. The summed E-state index contributed by atoms with van der Waals surface area (Å²) in [6.07, 6.45) is 1.77. The Balaban J connectivity index is 1.80. The van der Waals surface area contributed by atoms with Crippen LogP contribution in [0.2, 0.25) is 0 Å². The van der Waals surface area contributed by atoms with E-state index in [0.29, 0.717) is 22.4 Å². The number of hydrogen-bond donors (Lipinski definition) is 1. The lowest BCUT2D eigenvalue weighted by molar-refractivity contribution is 0.0692. The van der Waals surface area contributed by atoms with Crippen molar-refractivity contribution in [2.45, 2.75) is 0 Å². The number of carbonyl (C=O) groups is 1. The minimum Gasteiger partial charge on any atom is -0.477 e. The Bertz CT molecular complexity index is 1150. The average Bonchev–Trinajstić information content (AvgIpc) is 3.11. The van der Waals surface area contributed by atoms with E-state index in [2.05, 4.69) is 10.3 Å². The zero-order chi connectivity index (χ0) is 17.4. The molecule has 7 heteroatoms. The fourth-order valence-electron chi connectivity index (χ4n) is 2.53. The molecule has 7 nitrogen and oxygen atoms in total. The van der Waals surface area contributed by atoms with Gasteiger partial charge >= 0.3 is 11.6 Å².